The number of nitrogens with one attached hydrogen (secondary N) is 3. The number of hydrogen-bond donors (Lipinski definition) is 4. The molecule has 0 aromatic heterocycles. The van der Waals surface area contributed by atoms with Gasteiger partial charge in [-0.1, -0.05) is 131 Å². The van der Waals surface area contributed by atoms with E-state index in [2.05, 4.69) is 31.9 Å². The van der Waals surface area contributed by atoms with Crippen LogP contribution in [0.2, 0.25) is 0 Å². The third-order valence-corrected chi connectivity index (χ3v) is 11.7. The number of methoxy groups -OCH3 is 2. The van der Waals surface area contributed by atoms with E-state index in [9.17, 15) is 43.5 Å². The smallest absolute Gasteiger partial charge is 0.339 e. The summed E-state index contributed by atoms with van der Waals surface area (Å²) < 4.78 is 10.3. The summed E-state index contributed by atoms with van der Waals surface area (Å²) in [6, 6.07) is 55.0. The number of esters is 2. The Morgan fingerprint density at radius 1 is 0.373 bits per heavy atom. The second-order valence-electron chi connectivity index (χ2n) is 16.2. The molecule has 376 valence electrons. The van der Waals surface area contributed by atoms with Gasteiger partial charge >= 0.3 is 17.9 Å². The fourth-order valence-corrected chi connectivity index (χ4v) is 7.54. The fraction of sp³-hybridized carbons (Fsp3) is 0.0667. The Balaban J connectivity index is 0.000000186. The topological polar surface area (TPSA) is 211 Å². The molecule has 3 amide bonds. The van der Waals surface area contributed by atoms with Crippen molar-refractivity contribution in [3.8, 4) is 22.3 Å². The van der Waals surface area contributed by atoms with Gasteiger partial charge in [-0.25, -0.2) is 14.4 Å². The van der Waals surface area contributed by atoms with Gasteiger partial charge in [0, 0.05) is 32.3 Å². The van der Waals surface area contributed by atoms with Crippen molar-refractivity contribution in [1.29, 1.82) is 0 Å². The zero-order valence-electron chi connectivity index (χ0n) is 40.9. The highest BCUT2D eigenvalue weighted by molar-refractivity contribution is 9.10. The number of anilines is 3. The highest BCUT2D eigenvalue weighted by atomic mass is 79.9. The molecule has 0 spiro atoms. The molecule has 0 bridgehead atoms. The van der Waals surface area contributed by atoms with Gasteiger partial charge in [0.2, 0.25) is 0 Å². The Labute approximate surface area is 440 Å². The highest BCUT2D eigenvalue weighted by Crippen LogP contribution is 2.29. The normalized spacial score (nSPS) is 10.1. The minimum absolute atomic E-state index is 0.00314. The maximum Gasteiger partial charge on any atom is 0.339 e. The van der Waals surface area contributed by atoms with Crippen molar-refractivity contribution in [3.63, 3.8) is 0 Å². The first-order valence-electron chi connectivity index (χ1n) is 22.9. The number of Topliss-reactive ketones (excluding diaryl/α,β-unsaturated/α-hetero) is 2. The lowest BCUT2D eigenvalue weighted by molar-refractivity contribution is 0.0592. The standard InChI is InChI=1S/C23H19NO4.C22H17NO4.C15H12BrNO3/c1-15(25)16-8-10-17(11-9-16)19-12-13-20(23(27)28-2)21(14-19)24-22(26)18-6-4-3-5-7-18;1-14(24)15-7-9-16(10-8-15)18-11-12-19(22(26)27)20(13-18)23-21(25)17-5-3-2-4-6-17;1-20-15(19)12-8-7-11(16)9-13(12)17-14(18)10-5-3-2-4-6-10/h3-14H,1-2H3,(H,24,26);2-13H,1H3,(H,23,25)(H,26,27);2-9H,1H3,(H,17,18). The van der Waals surface area contributed by atoms with E-state index >= 15 is 0 Å². The van der Waals surface area contributed by atoms with Crippen LogP contribution in [0.4, 0.5) is 17.1 Å². The predicted molar refractivity (Wildman–Crippen MR) is 291 cm³/mol. The van der Waals surface area contributed by atoms with E-state index in [0.717, 1.165) is 26.7 Å². The maximum atomic E-state index is 12.5. The fourth-order valence-electron chi connectivity index (χ4n) is 7.18. The number of rotatable bonds is 13. The lowest BCUT2D eigenvalue weighted by atomic mass is 10.00. The summed E-state index contributed by atoms with van der Waals surface area (Å²) in [5.41, 5.74) is 7.39. The summed E-state index contributed by atoms with van der Waals surface area (Å²) in [5, 5.41) is 17.6. The molecule has 0 fully saturated rings. The molecule has 0 aliphatic rings. The summed E-state index contributed by atoms with van der Waals surface area (Å²) in [5.74, 6) is -3.20. The maximum absolute atomic E-state index is 12.5. The van der Waals surface area contributed by atoms with Crippen molar-refractivity contribution in [2.45, 2.75) is 13.8 Å². The molecule has 0 saturated carbocycles. The number of ether oxygens (including phenoxy) is 2. The second-order valence-corrected chi connectivity index (χ2v) is 17.1. The van der Waals surface area contributed by atoms with Gasteiger partial charge in [-0.15, -0.1) is 0 Å². The van der Waals surface area contributed by atoms with Gasteiger partial charge in [-0.3, -0.25) is 24.0 Å². The Kier molecular flexibility index (Phi) is 19.1. The van der Waals surface area contributed by atoms with Crippen LogP contribution >= 0.6 is 15.9 Å². The van der Waals surface area contributed by atoms with Crippen molar-refractivity contribution in [3.05, 3.63) is 243 Å². The van der Waals surface area contributed by atoms with Crippen molar-refractivity contribution >= 4 is 80.2 Å². The van der Waals surface area contributed by atoms with Gasteiger partial charge in [0.1, 0.15) is 0 Å². The van der Waals surface area contributed by atoms with Crippen molar-refractivity contribution < 1.29 is 52.9 Å². The number of carbonyl (C=O) groups is 8. The van der Waals surface area contributed by atoms with E-state index in [0.29, 0.717) is 44.8 Å². The molecule has 8 aromatic carbocycles. The van der Waals surface area contributed by atoms with Crippen LogP contribution in [0.3, 0.4) is 0 Å². The predicted octanol–water partition coefficient (Wildman–Crippen LogP) is 12.6. The highest BCUT2D eigenvalue weighted by Gasteiger charge is 2.19. The van der Waals surface area contributed by atoms with E-state index in [-0.39, 0.29) is 46.1 Å². The number of carboxylic acid groups (broad SMARTS) is 1. The summed E-state index contributed by atoms with van der Waals surface area (Å²) >= 11 is 3.31. The van der Waals surface area contributed by atoms with E-state index in [1.165, 1.54) is 34.1 Å². The molecule has 0 aliphatic heterocycles. The third kappa shape index (κ3) is 15.0. The van der Waals surface area contributed by atoms with Crippen molar-refractivity contribution in [2.75, 3.05) is 30.2 Å². The first-order chi connectivity index (χ1) is 36.1. The van der Waals surface area contributed by atoms with Crippen LogP contribution in [0.15, 0.2) is 199 Å². The number of carboxylic acids is 1. The number of aromatic carboxylic acids is 1. The molecule has 14 nitrogen and oxygen atoms in total. The lowest BCUT2D eigenvalue weighted by Gasteiger charge is -2.12. The first kappa shape index (κ1) is 54.7. The van der Waals surface area contributed by atoms with Crippen molar-refractivity contribution in [1.82, 2.24) is 0 Å². The average Bonchev–Trinajstić information content (AvgIpc) is 3.43. The van der Waals surface area contributed by atoms with Gasteiger partial charge in [0.15, 0.2) is 11.6 Å². The SMILES string of the molecule is CC(=O)c1ccc(-c2ccc(C(=O)O)c(NC(=O)c3ccccc3)c2)cc1.COC(=O)c1ccc(-c2ccc(C(C)=O)cc2)cc1NC(=O)c1ccccc1.COC(=O)c1ccc(Br)cc1NC(=O)c1ccccc1. The molecule has 0 aliphatic carbocycles. The Hall–Kier alpha value is -9.60. The number of halogens is 1. The zero-order valence-corrected chi connectivity index (χ0v) is 42.5. The van der Waals surface area contributed by atoms with Crippen LogP contribution < -0.4 is 16.0 Å². The molecule has 0 atom stereocenters. The van der Waals surface area contributed by atoms with Crippen LogP contribution in [0.1, 0.15) is 96.7 Å². The Morgan fingerprint density at radius 2 is 0.680 bits per heavy atom. The van der Waals surface area contributed by atoms with Crippen LogP contribution in [0, 0.1) is 0 Å². The minimum Gasteiger partial charge on any atom is -0.478 e. The molecule has 8 rings (SSSR count). The molecule has 15 heteroatoms. The van der Waals surface area contributed by atoms with E-state index in [1.807, 2.05) is 24.3 Å². The molecule has 0 heterocycles. The van der Waals surface area contributed by atoms with Crippen LogP contribution in [-0.4, -0.2) is 66.5 Å². The zero-order chi connectivity index (χ0) is 54.0. The number of ketones is 2. The number of benzene rings is 8. The number of carbonyl (C=O) groups excluding carboxylic acids is 7. The van der Waals surface area contributed by atoms with E-state index < -0.39 is 17.9 Å². The van der Waals surface area contributed by atoms with Gasteiger partial charge in [0.05, 0.1) is 48.0 Å². The summed E-state index contributed by atoms with van der Waals surface area (Å²) in [7, 11) is 2.59. The molecule has 0 saturated heterocycles. The van der Waals surface area contributed by atoms with Gasteiger partial charge in [-0.05, 0) is 115 Å². The summed E-state index contributed by atoms with van der Waals surface area (Å²) in [4.78, 5) is 95.2. The average molecular weight is 1070 g/mol. The molecule has 0 radical (unpaired) electrons. The van der Waals surface area contributed by atoms with Crippen LogP contribution in [0.5, 0.6) is 0 Å². The quantitative estimate of drug-likeness (QED) is 0.0630. The first-order valence-corrected chi connectivity index (χ1v) is 23.7. The second kappa shape index (κ2) is 26.2. The summed E-state index contributed by atoms with van der Waals surface area (Å²) in [6.45, 7) is 3.01. The number of amides is 3. The molecule has 0 unspecified atom stereocenters. The molecule has 75 heavy (non-hydrogen) atoms. The third-order valence-electron chi connectivity index (χ3n) is 11.2. The van der Waals surface area contributed by atoms with Crippen LogP contribution in [-0.2, 0) is 9.47 Å². The largest absolute Gasteiger partial charge is 0.478 e. The van der Waals surface area contributed by atoms with Gasteiger partial charge < -0.3 is 30.5 Å². The number of hydrogen-bond acceptors (Lipinski definition) is 10. The summed E-state index contributed by atoms with van der Waals surface area (Å²) in [6.07, 6.45) is 0. The van der Waals surface area contributed by atoms with E-state index in [4.69, 9.17) is 9.47 Å². The molecule has 4 N–H and O–H groups in total. The molecular formula is C60H48BrN3O11. The molecule has 8 aromatic rings. The molecular weight excluding hydrogens is 1020 g/mol. The Bertz CT molecular complexity index is 3380. The van der Waals surface area contributed by atoms with Gasteiger partial charge in [0.25, 0.3) is 17.7 Å². The Morgan fingerprint density at radius 3 is 1.01 bits per heavy atom. The van der Waals surface area contributed by atoms with Crippen LogP contribution in [0.25, 0.3) is 22.3 Å². The monoisotopic (exact) mass is 1070 g/mol. The van der Waals surface area contributed by atoms with Crippen molar-refractivity contribution in [2.24, 2.45) is 0 Å². The minimum atomic E-state index is -1.13. The van der Waals surface area contributed by atoms with Gasteiger partial charge in [-0.2, -0.15) is 0 Å². The van der Waals surface area contributed by atoms with E-state index in [1.54, 1.807) is 164 Å². The lowest BCUT2D eigenvalue weighted by Crippen LogP contribution is -2.15.